The minimum atomic E-state index is -0.765. The van der Waals surface area contributed by atoms with Crippen LogP contribution in [-0.4, -0.2) is 41.7 Å². The van der Waals surface area contributed by atoms with Crippen molar-refractivity contribution in [1.29, 1.82) is 0 Å². The van der Waals surface area contributed by atoms with Crippen molar-refractivity contribution in [3.05, 3.63) is 30.1 Å². The van der Waals surface area contributed by atoms with Gasteiger partial charge in [0.15, 0.2) is 0 Å². The molecule has 1 aliphatic rings. The Hall–Kier alpha value is -1.62. The van der Waals surface area contributed by atoms with Crippen molar-refractivity contribution in [3.8, 4) is 5.75 Å². The summed E-state index contributed by atoms with van der Waals surface area (Å²) >= 11 is 0. The van der Waals surface area contributed by atoms with Crippen molar-refractivity contribution in [2.75, 3.05) is 19.7 Å². The predicted octanol–water partition coefficient (Wildman–Crippen LogP) is 2.39. The van der Waals surface area contributed by atoms with Crippen molar-refractivity contribution in [1.82, 2.24) is 4.90 Å². The van der Waals surface area contributed by atoms with Gasteiger partial charge in [-0.2, -0.15) is 0 Å². The number of hydrogen-bond donors (Lipinski definition) is 1. The number of piperidine rings is 1. The van der Waals surface area contributed by atoms with E-state index in [9.17, 15) is 14.3 Å². The first-order valence-corrected chi connectivity index (χ1v) is 6.93. The molecule has 1 aromatic carbocycles. The molecule has 1 aromatic rings. The lowest BCUT2D eigenvalue weighted by molar-refractivity contribution is -0.147. The third-order valence-corrected chi connectivity index (χ3v) is 3.75. The third kappa shape index (κ3) is 3.70. The molecule has 5 heteroatoms. The fourth-order valence-electron chi connectivity index (χ4n) is 2.74. The lowest BCUT2D eigenvalue weighted by atomic mass is 9.91. The van der Waals surface area contributed by atoms with Crippen molar-refractivity contribution in [3.63, 3.8) is 0 Å². The van der Waals surface area contributed by atoms with Crippen LogP contribution in [0.3, 0.4) is 0 Å². The molecule has 2 atom stereocenters. The van der Waals surface area contributed by atoms with Gasteiger partial charge in [-0.3, -0.25) is 9.69 Å². The summed E-state index contributed by atoms with van der Waals surface area (Å²) in [5.41, 5.74) is 0. The summed E-state index contributed by atoms with van der Waals surface area (Å²) < 4.78 is 18.3. The maximum atomic E-state index is 12.8. The first kappa shape index (κ1) is 14.8. The Labute approximate surface area is 118 Å². The van der Waals surface area contributed by atoms with Gasteiger partial charge in [-0.25, -0.2) is 4.39 Å². The zero-order valence-electron chi connectivity index (χ0n) is 11.6. The molecule has 1 N–H and O–H groups in total. The van der Waals surface area contributed by atoms with Gasteiger partial charge in [0.1, 0.15) is 24.2 Å². The Balaban J connectivity index is 1.85. The van der Waals surface area contributed by atoms with Crippen LogP contribution in [0.25, 0.3) is 0 Å². The van der Waals surface area contributed by atoms with Gasteiger partial charge in [-0.05, 0) is 49.6 Å². The van der Waals surface area contributed by atoms with Gasteiger partial charge >= 0.3 is 5.97 Å². The van der Waals surface area contributed by atoms with E-state index < -0.39 is 12.0 Å². The number of halogens is 1. The third-order valence-electron chi connectivity index (χ3n) is 3.75. The number of benzene rings is 1. The molecule has 20 heavy (non-hydrogen) atoms. The molecule has 110 valence electrons. The van der Waals surface area contributed by atoms with Gasteiger partial charge in [-0.1, -0.05) is 6.92 Å². The molecule has 0 spiro atoms. The highest BCUT2D eigenvalue weighted by Gasteiger charge is 2.33. The largest absolute Gasteiger partial charge is 0.492 e. The van der Waals surface area contributed by atoms with E-state index in [-0.39, 0.29) is 11.7 Å². The van der Waals surface area contributed by atoms with Crippen LogP contribution >= 0.6 is 0 Å². The monoisotopic (exact) mass is 281 g/mol. The summed E-state index contributed by atoms with van der Waals surface area (Å²) in [6.45, 7) is 3.74. The molecule has 0 amide bonds. The molecule has 4 nitrogen and oxygen atoms in total. The summed E-state index contributed by atoms with van der Waals surface area (Å²) in [6, 6.07) is 5.41. The lowest BCUT2D eigenvalue weighted by Crippen LogP contribution is -2.50. The predicted molar refractivity (Wildman–Crippen MR) is 73.3 cm³/mol. The smallest absolute Gasteiger partial charge is 0.321 e. The molecule has 0 saturated carbocycles. The van der Waals surface area contributed by atoms with E-state index in [1.807, 2.05) is 11.8 Å². The average molecular weight is 281 g/mol. The molecule has 1 heterocycles. The summed E-state index contributed by atoms with van der Waals surface area (Å²) in [6.07, 6.45) is 1.97. The van der Waals surface area contributed by atoms with E-state index in [4.69, 9.17) is 4.74 Å². The second kappa shape index (κ2) is 6.70. The number of aliphatic carboxylic acids is 1. The number of ether oxygens (including phenoxy) is 1. The molecule has 2 rings (SSSR count). The minimum Gasteiger partial charge on any atom is -0.492 e. The highest BCUT2D eigenvalue weighted by atomic mass is 19.1. The van der Waals surface area contributed by atoms with E-state index in [1.54, 1.807) is 12.1 Å². The Morgan fingerprint density at radius 1 is 1.45 bits per heavy atom. The van der Waals surface area contributed by atoms with E-state index in [0.717, 1.165) is 19.4 Å². The van der Waals surface area contributed by atoms with E-state index in [1.165, 1.54) is 12.1 Å². The van der Waals surface area contributed by atoms with Crippen LogP contribution in [0.4, 0.5) is 4.39 Å². The van der Waals surface area contributed by atoms with Crippen LogP contribution in [0.5, 0.6) is 5.75 Å². The van der Waals surface area contributed by atoms with Gasteiger partial charge in [0.2, 0.25) is 0 Å². The zero-order chi connectivity index (χ0) is 14.5. The molecule has 0 radical (unpaired) electrons. The van der Waals surface area contributed by atoms with Crippen molar-refractivity contribution in [2.24, 2.45) is 5.92 Å². The maximum absolute atomic E-state index is 12.8. The van der Waals surface area contributed by atoms with Crippen LogP contribution in [0, 0.1) is 11.7 Å². The van der Waals surface area contributed by atoms with Crippen LogP contribution in [0.15, 0.2) is 24.3 Å². The fraction of sp³-hybridized carbons (Fsp3) is 0.533. The lowest BCUT2D eigenvalue weighted by Gasteiger charge is -2.37. The Kier molecular flexibility index (Phi) is 4.95. The summed E-state index contributed by atoms with van der Waals surface area (Å²) in [4.78, 5) is 13.3. The van der Waals surface area contributed by atoms with Crippen molar-refractivity contribution >= 4 is 5.97 Å². The molecule has 0 bridgehead atoms. The fourth-order valence-corrected chi connectivity index (χ4v) is 2.74. The zero-order valence-corrected chi connectivity index (χ0v) is 11.6. The van der Waals surface area contributed by atoms with Crippen LogP contribution in [0.1, 0.15) is 19.8 Å². The van der Waals surface area contributed by atoms with Crippen LogP contribution < -0.4 is 4.74 Å². The number of likely N-dealkylation sites (tertiary alicyclic amines) is 1. The number of carboxylic acids is 1. The maximum Gasteiger partial charge on any atom is 0.321 e. The Bertz CT molecular complexity index is 449. The minimum absolute atomic E-state index is 0.159. The first-order chi connectivity index (χ1) is 9.58. The summed E-state index contributed by atoms with van der Waals surface area (Å²) in [5.74, 6) is -0.303. The molecule has 0 aliphatic carbocycles. The normalized spacial score (nSPS) is 23.5. The molecule has 1 fully saturated rings. The number of carbonyl (C=O) groups is 1. The molecular weight excluding hydrogens is 261 g/mol. The highest BCUT2D eigenvalue weighted by molar-refractivity contribution is 5.74. The SMILES string of the molecule is CC1CCCN(CCOc2ccc(F)cc2)C1C(=O)O. The Morgan fingerprint density at radius 2 is 2.15 bits per heavy atom. The highest BCUT2D eigenvalue weighted by Crippen LogP contribution is 2.23. The standard InChI is InChI=1S/C15H20FNO3/c1-11-3-2-8-17(14(11)15(18)19)9-10-20-13-6-4-12(16)5-7-13/h4-7,11,14H,2-3,8-10H2,1H3,(H,18,19). The molecule has 1 aliphatic heterocycles. The number of rotatable bonds is 5. The summed E-state index contributed by atoms with van der Waals surface area (Å²) in [7, 11) is 0. The topological polar surface area (TPSA) is 49.8 Å². The van der Waals surface area contributed by atoms with E-state index >= 15 is 0 Å². The molecule has 2 unspecified atom stereocenters. The van der Waals surface area contributed by atoms with Gasteiger partial charge in [0.05, 0.1) is 0 Å². The first-order valence-electron chi connectivity index (χ1n) is 6.93. The van der Waals surface area contributed by atoms with Crippen LogP contribution in [-0.2, 0) is 4.79 Å². The van der Waals surface area contributed by atoms with Gasteiger partial charge < -0.3 is 9.84 Å². The second-order valence-electron chi connectivity index (χ2n) is 5.24. The van der Waals surface area contributed by atoms with E-state index in [0.29, 0.717) is 18.9 Å². The average Bonchev–Trinajstić information content (AvgIpc) is 2.40. The van der Waals surface area contributed by atoms with Gasteiger partial charge in [0.25, 0.3) is 0 Å². The molecule has 1 saturated heterocycles. The summed E-state index contributed by atoms with van der Waals surface area (Å²) in [5, 5.41) is 9.30. The van der Waals surface area contributed by atoms with Crippen LogP contribution in [0.2, 0.25) is 0 Å². The Morgan fingerprint density at radius 3 is 2.80 bits per heavy atom. The quantitative estimate of drug-likeness (QED) is 0.900. The molecule has 0 aromatic heterocycles. The second-order valence-corrected chi connectivity index (χ2v) is 5.24. The molecular formula is C15H20FNO3. The van der Waals surface area contributed by atoms with Crippen molar-refractivity contribution in [2.45, 2.75) is 25.8 Å². The number of carboxylic acid groups (broad SMARTS) is 1. The number of hydrogen-bond acceptors (Lipinski definition) is 3. The van der Waals surface area contributed by atoms with Gasteiger partial charge in [0, 0.05) is 6.54 Å². The van der Waals surface area contributed by atoms with Gasteiger partial charge in [-0.15, -0.1) is 0 Å². The number of nitrogens with zero attached hydrogens (tertiary/aromatic N) is 1. The van der Waals surface area contributed by atoms with Crippen molar-refractivity contribution < 1.29 is 19.0 Å². The van der Waals surface area contributed by atoms with E-state index in [2.05, 4.69) is 0 Å².